The second kappa shape index (κ2) is 10.8. The van der Waals surface area contributed by atoms with Crippen LogP contribution in [-0.2, 0) is 6.18 Å². The van der Waals surface area contributed by atoms with Crippen molar-refractivity contribution in [2.75, 3.05) is 20.3 Å². The highest BCUT2D eigenvalue weighted by molar-refractivity contribution is 7.21. The summed E-state index contributed by atoms with van der Waals surface area (Å²) in [4.78, 5) is 11.8. The molecule has 4 rings (SSSR count). The third kappa shape index (κ3) is 5.89. The first kappa shape index (κ1) is 26.5. The molecule has 1 atom stereocenters. The molecule has 0 saturated carbocycles. The van der Waals surface area contributed by atoms with E-state index in [-0.39, 0.29) is 23.3 Å². The molecule has 0 spiro atoms. The lowest BCUT2D eigenvalue weighted by molar-refractivity contribution is -0.137. The topological polar surface area (TPSA) is 67.8 Å². The predicted octanol–water partition coefficient (Wildman–Crippen LogP) is 7.33. The molecule has 0 bridgehead atoms. The number of hydrogen-bond acceptors (Lipinski definition) is 5. The van der Waals surface area contributed by atoms with Gasteiger partial charge in [-0.2, -0.15) is 13.2 Å². The van der Waals surface area contributed by atoms with Crippen molar-refractivity contribution in [1.29, 1.82) is 0 Å². The highest BCUT2D eigenvalue weighted by atomic mass is 32.1. The Labute approximate surface area is 216 Å². The summed E-state index contributed by atoms with van der Waals surface area (Å²) in [6.45, 7) is 4.24. The van der Waals surface area contributed by atoms with Crippen LogP contribution in [0.2, 0.25) is 0 Å². The highest BCUT2D eigenvalue weighted by Gasteiger charge is 2.32. The van der Waals surface area contributed by atoms with E-state index in [1.807, 2.05) is 31.2 Å². The molecule has 2 N–H and O–H groups in total. The van der Waals surface area contributed by atoms with Gasteiger partial charge in [0.1, 0.15) is 23.0 Å². The molecule has 9 heteroatoms. The molecule has 1 aromatic heterocycles. The number of thiophene rings is 1. The Morgan fingerprint density at radius 1 is 1.08 bits per heavy atom. The summed E-state index contributed by atoms with van der Waals surface area (Å²) in [5, 5.41) is 13.5. The first-order valence-electron chi connectivity index (χ1n) is 11.6. The van der Waals surface area contributed by atoms with Crippen LogP contribution in [0, 0.1) is 6.92 Å². The minimum absolute atomic E-state index is 0.0149. The number of carboxylic acids is 1. The maximum absolute atomic E-state index is 13.7. The van der Waals surface area contributed by atoms with Gasteiger partial charge in [0.25, 0.3) is 0 Å². The normalized spacial score (nSPS) is 12.5. The number of methoxy groups -OCH3 is 1. The number of ether oxygens (including phenoxy) is 2. The zero-order valence-corrected chi connectivity index (χ0v) is 21.3. The van der Waals surface area contributed by atoms with E-state index < -0.39 is 17.7 Å². The fourth-order valence-corrected chi connectivity index (χ4v) is 5.33. The number of halogens is 3. The van der Waals surface area contributed by atoms with Gasteiger partial charge in [0.05, 0.1) is 12.7 Å². The van der Waals surface area contributed by atoms with Gasteiger partial charge in [-0.25, -0.2) is 4.79 Å². The predicted molar refractivity (Wildman–Crippen MR) is 139 cm³/mol. The summed E-state index contributed by atoms with van der Waals surface area (Å²) in [5.74, 6) is -0.233. The summed E-state index contributed by atoms with van der Waals surface area (Å²) >= 11 is 1.06. The summed E-state index contributed by atoms with van der Waals surface area (Å²) in [7, 11) is 1.60. The number of carboxylic acid groups (broad SMARTS) is 1. The molecule has 37 heavy (non-hydrogen) atoms. The lowest BCUT2D eigenvalue weighted by Gasteiger charge is -2.17. The van der Waals surface area contributed by atoms with E-state index in [0.717, 1.165) is 34.8 Å². The molecule has 0 aliphatic heterocycles. The monoisotopic (exact) mass is 529 g/mol. The molecule has 0 saturated heterocycles. The molecule has 0 radical (unpaired) electrons. The van der Waals surface area contributed by atoms with Gasteiger partial charge >= 0.3 is 12.1 Å². The number of alkyl halides is 3. The Morgan fingerprint density at radius 2 is 1.84 bits per heavy atom. The van der Waals surface area contributed by atoms with Crippen LogP contribution in [0.25, 0.3) is 21.2 Å². The third-order valence-electron chi connectivity index (χ3n) is 6.12. The lowest BCUT2D eigenvalue weighted by atomic mass is 10.00. The molecule has 4 aromatic rings. The standard InChI is InChI=1S/C28H26F3NO4S/c1-16-23-8-5-9-24(26(23)37-25(16)27(33)34)19-12-20(28(29,30)31)15-22(14-19)36-11-10-32-17(2)18-6-4-7-21(13-18)35-3/h4-9,12-15,17,32H,10-11H2,1-3H3,(H,33,34)/t17-/m1/s1. The van der Waals surface area contributed by atoms with Crippen molar-refractivity contribution in [2.24, 2.45) is 0 Å². The van der Waals surface area contributed by atoms with E-state index in [0.29, 0.717) is 33.3 Å². The molecule has 0 aliphatic rings. The van der Waals surface area contributed by atoms with Gasteiger partial charge in [-0.15, -0.1) is 11.3 Å². The van der Waals surface area contributed by atoms with Crippen LogP contribution in [0.5, 0.6) is 11.5 Å². The van der Waals surface area contributed by atoms with E-state index in [1.54, 1.807) is 38.3 Å². The average molecular weight is 530 g/mol. The van der Waals surface area contributed by atoms with E-state index in [2.05, 4.69) is 5.32 Å². The average Bonchev–Trinajstić information content (AvgIpc) is 3.22. The lowest BCUT2D eigenvalue weighted by Crippen LogP contribution is -2.24. The van der Waals surface area contributed by atoms with E-state index in [4.69, 9.17) is 9.47 Å². The summed E-state index contributed by atoms with van der Waals surface area (Å²) in [6, 6.07) is 16.4. The van der Waals surface area contributed by atoms with Gasteiger partial charge < -0.3 is 19.9 Å². The molecule has 1 heterocycles. The van der Waals surface area contributed by atoms with Crippen molar-refractivity contribution in [3.63, 3.8) is 0 Å². The highest BCUT2D eigenvalue weighted by Crippen LogP contribution is 2.41. The minimum Gasteiger partial charge on any atom is -0.497 e. The van der Waals surface area contributed by atoms with Crippen LogP contribution >= 0.6 is 11.3 Å². The van der Waals surface area contributed by atoms with Crippen LogP contribution in [-0.4, -0.2) is 31.3 Å². The maximum atomic E-state index is 13.7. The second-order valence-electron chi connectivity index (χ2n) is 8.59. The molecule has 0 amide bonds. The van der Waals surface area contributed by atoms with Crippen molar-refractivity contribution >= 4 is 27.4 Å². The Kier molecular flexibility index (Phi) is 7.75. The molecule has 0 aliphatic carbocycles. The molecule has 5 nitrogen and oxygen atoms in total. The molecular formula is C28H26F3NO4S. The number of benzene rings is 3. The SMILES string of the molecule is COc1cccc([C@@H](C)NCCOc2cc(-c3cccc4c(C)c(C(=O)O)sc34)cc(C(F)(F)F)c2)c1. The summed E-state index contributed by atoms with van der Waals surface area (Å²) < 4.78 is 52.8. The second-order valence-corrected chi connectivity index (χ2v) is 9.61. The van der Waals surface area contributed by atoms with Gasteiger partial charge in [0.2, 0.25) is 0 Å². The van der Waals surface area contributed by atoms with Crippen LogP contribution in [0.3, 0.4) is 0 Å². The van der Waals surface area contributed by atoms with Crippen LogP contribution < -0.4 is 14.8 Å². The van der Waals surface area contributed by atoms with Crippen LogP contribution in [0.15, 0.2) is 60.7 Å². The molecule has 0 fully saturated rings. The minimum atomic E-state index is -4.57. The zero-order valence-electron chi connectivity index (χ0n) is 20.5. The first-order valence-corrected chi connectivity index (χ1v) is 12.4. The van der Waals surface area contributed by atoms with Crippen molar-refractivity contribution in [3.8, 4) is 22.6 Å². The number of hydrogen-bond donors (Lipinski definition) is 2. The quantitative estimate of drug-likeness (QED) is 0.222. The zero-order chi connectivity index (χ0) is 26.7. The van der Waals surface area contributed by atoms with E-state index in [1.165, 1.54) is 0 Å². The number of carbonyl (C=O) groups is 1. The Bertz CT molecular complexity index is 1430. The third-order valence-corrected chi connectivity index (χ3v) is 7.45. The Hall–Kier alpha value is -3.56. The van der Waals surface area contributed by atoms with Gasteiger partial charge in [-0.05, 0) is 71.8 Å². The smallest absolute Gasteiger partial charge is 0.416 e. The fourth-order valence-electron chi connectivity index (χ4n) is 4.15. The van der Waals surface area contributed by atoms with Gasteiger partial charge in [0, 0.05) is 17.3 Å². The summed E-state index contributed by atoms with van der Waals surface area (Å²) in [5.41, 5.74) is 1.61. The van der Waals surface area contributed by atoms with Crippen molar-refractivity contribution in [3.05, 3.63) is 82.2 Å². The molecule has 194 valence electrons. The molecule has 0 unspecified atom stereocenters. The number of aromatic carboxylic acids is 1. The van der Waals surface area contributed by atoms with E-state index >= 15 is 0 Å². The Balaban J connectivity index is 1.57. The van der Waals surface area contributed by atoms with Crippen molar-refractivity contribution in [2.45, 2.75) is 26.1 Å². The number of nitrogens with one attached hydrogen (secondary N) is 1. The Morgan fingerprint density at radius 3 is 2.54 bits per heavy atom. The van der Waals surface area contributed by atoms with Crippen molar-refractivity contribution in [1.82, 2.24) is 5.32 Å². The van der Waals surface area contributed by atoms with Crippen LogP contribution in [0.4, 0.5) is 13.2 Å². The van der Waals surface area contributed by atoms with Gasteiger partial charge in [0.15, 0.2) is 0 Å². The largest absolute Gasteiger partial charge is 0.497 e. The van der Waals surface area contributed by atoms with Gasteiger partial charge in [-0.3, -0.25) is 0 Å². The number of rotatable bonds is 9. The summed E-state index contributed by atoms with van der Waals surface area (Å²) in [6.07, 6.45) is -4.57. The van der Waals surface area contributed by atoms with Crippen LogP contribution in [0.1, 0.15) is 39.3 Å². The number of aryl methyl sites for hydroxylation is 1. The molecule has 3 aromatic carbocycles. The molecular weight excluding hydrogens is 503 g/mol. The van der Waals surface area contributed by atoms with E-state index in [9.17, 15) is 23.1 Å². The van der Waals surface area contributed by atoms with Crippen molar-refractivity contribution < 1.29 is 32.5 Å². The van der Waals surface area contributed by atoms with Gasteiger partial charge in [-0.1, -0.05) is 30.3 Å². The fraction of sp³-hybridized carbons (Fsp3) is 0.250. The first-order chi connectivity index (χ1) is 17.6. The maximum Gasteiger partial charge on any atom is 0.416 e. The number of fused-ring (bicyclic) bond motifs is 1.